The predicted octanol–water partition coefficient (Wildman–Crippen LogP) is 4.95. The van der Waals surface area contributed by atoms with Gasteiger partial charge in [0.05, 0.1) is 13.1 Å². The summed E-state index contributed by atoms with van der Waals surface area (Å²) in [5, 5.41) is 0. The number of likely N-dealkylation sites (tertiary alicyclic amines) is 1. The van der Waals surface area contributed by atoms with E-state index in [0.717, 1.165) is 54.0 Å². The first-order valence-electron chi connectivity index (χ1n) is 15.0. The lowest BCUT2D eigenvalue weighted by atomic mass is 9.86. The van der Waals surface area contributed by atoms with Gasteiger partial charge in [0, 0.05) is 56.3 Å². The molecule has 0 unspecified atom stereocenters. The van der Waals surface area contributed by atoms with Crippen LogP contribution in [-0.2, 0) is 27.4 Å². The number of allylic oxidation sites excluding steroid dienone is 2. The average molecular weight is 581 g/mol. The molecule has 2 amide bonds. The lowest BCUT2D eigenvalue weighted by molar-refractivity contribution is -0.162. The number of aromatic nitrogens is 1. The summed E-state index contributed by atoms with van der Waals surface area (Å²) in [5.74, 6) is -1.18. The number of fused-ring (bicyclic) bond motifs is 2. The highest BCUT2D eigenvalue weighted by Crippen LogP contribution is 2.41. The van der Waals surface area contributed by atoms with Crippen molar-refractivity contribution in [2.45, 2.75) is 44.2 Å². The van der Waals surface area contributed by atoms with E-state index < -0.39 is 5.79 Å². The highest BCUT2D eigenvalue weighted by molar-refractivity contribution is 6.07. The summed E-state index contributed by atoms with van der Waals surface area (Å²) < 4.78 is 14.0. The Morgan fingerprint density at radius 2 is 1.58 bits per heavy atom. The summed E-state index contributed by atoms with van der Waals surface area (Å²) in [6.45, 7) is 2.84. The van der Waals surface area contributed by atoms with E-state index in [0.29, 0.717) is 24.4 Å². The molecule has 2 aromatic carbocycles. The number of carbonyl (C=O) groups is 2. The number of ether oxygens (including phenoxy) is 2. The highest BCUT2D eigenvalue weighted by atomic mass is 16.7. The average Bonchev–Trinajstić information content (AvgIpc) is 3.36. The maximum Gasteiger partial charge on any atom is 0.270 e. The van der Waals surface area contributed by atoms with Gasteiger partial charge in [-0.3, -0.25) is 9.59 Å². The molecule has 3 heterocycles. The molecule has 1 fully saturated rings. The van der Waals surface area contributed by atoms with Crippen LogP contribution >= 0.6 is 0 Å². The Kier molecular flexibility index (Phi) is 8.09. The van der Waals surface area contributed by atoms with Crippen LogP contribution in [0, 0.1) is 0 Å². The lowest BCUT2D eigenvalue weighted by Crippen LogP contribution is -2.45. The van der Waals surface area contributed by atoms with Gasteiger partial charge >= 0.3 is 0 Å². The van der Waals surface area contributed by atoms with Crippen LogP contribution in [0.3, 0.4) is 0 Å². The van der Waals surface area contributed by atoms with Crippen LogP contribution in [0.25, 0.3) is 5.57 Å². The summed E-state index contributed by atoms with van der Waals surface area (Å²) in [4.78, 5) is 34.2. The van der Waals surface area contributed by atoms with Crippen LogP contribution in [0.1, 0.15) is 46.6 Å². The number of anilines is 1. The summed E-state index contributed by atoms with van der Waals surface area (Å²) >= 11 is 0. The maximum atomic E-state index is 14.4. The van der Waals surface area contributed by atoms with Crippen molar-refractivity contribution in [2.24, 2.45) is 0 Å². The molecule has 0 N–H and O–H groups in total. The Morgan fingerprint density at radius 3 is 2.30 bits per heavy atom. The highest BCUT2D eigenvalue weighted by Gasteiger charge is 2.41. The molecule has 1 aliphatic carbocycles. The van der Waals surface area contributed by atoms with Crippen molar-refractivity contribution in [3.63, 3.8) is 0 Å². The van der Waals surface area contributed by atoms with E-state index in [1.54, 1.807) is 14.2 Å². The SMILES string of the molecule is COC1(OC)CC(C(=O)N2Cc3ccc(C(=O)N(C)C4CCN(C)CC4)n3Cc3ccccc32)=CC=C1c1ccccc1. The monoisotopic (exact) mass is 580 g/mol. The minimum absolute atomic E-state index is 0.0246. The van der Waals surface area contributed by atoms with Gasteiger partial charge in [0.25, 0.3) is 11.8 Å². The van der Waals surface area contributed by atoms with Gasteiger partial charge in [-0.05, 0) is 62.3 Å². The van der Waals surface area contributed by atoms with Crippen molar-refractivity contribution in [1.29, 1.82) is 0 Å². The number of carbonyl (C=O) groups excluding carboxylic acids is 2. The van der Waals surface area contributed by atoms with Crippen LogP contribution in [0.15, 0.2) is 84.5 Å². The van der Waals surface area contributed by atoms with Crippen molar-refractivity contribution in [1.82, 2.24) is 14.4 Å². The van der Waals surface area contributed by atoms with Crippen molar-refractivity contribution in [3.05, 3.63) is 107 Å². The number of benzene rings is 2. The second-order valence-corrected chi connectivity index (χ2v) is 11.7. The number of rotatable bonds is 6. The molecule has 224 valence electrons. The van der Waals surface area contributed by atoms with Gasteiger partial charge in [0.15, 0.2) is 5.79 Å². The molecule has 0 saturated carbocycles. The Morgan fingerprint density at radius 1 is 0.884 bits per heavy atom. The minimum Gasteiger partial charge on any atom is -0.349 e. The topological polar surface area (TPSA) is 67.2 Å². The Balaban J connectivity index is 1.33. The van der Waals surface area contributed by atoms with Gasteiger partial charge in [-0.15, -0.1) is 0 Å². The van der Waals surface area contributed by atoms with E-state index in [2.05, 4.69) is 16.5 Å². The summed E-state index contributed by atoms with van der Waals surface area (Å²) in [6.07, 6.45) is 6.03. The third-order valence-corrected chi connectivity index (χ3v) is 9.33. The zero-order valence-electron chi connectivity index (χ0n) is 25.5. The summed E-state index contributed by atoms with van der Waals surface area (Å²) in [5.41, 5.74) is 5.86. The fraction of sp³-hybridized carbons (Fsp3) is 0.371. The number of methoxy groups -OCH3 is 2. The van der Waals surface area contributed by atoms with Crippen LogP contribution in [-0.4, -0.2) is 79.4 Å². The normalized spacial score (nSPS) is 18.7. The maximum absolute atomic E-state index is 14.4. The first kappa shape index (κ1) is 29.1. The van der Waals surface area contributed by atoms with Crippen molar-refractivity contribution < 1.29 is 19.1 Å². The summed E-state index contributed by atoms with van der Waals surface area (Å²) in [6, 6.07) is 22.0. The van der Waals surface area contributed by atoms with E-state index in [1.165, 1.54) is 0 Å². The van der Waals surface area contributed by atoms with Crippen molar-refractivity contribution in [3.8, 4) is 0 Å². The van der Waals surface area contributed by atoms with Gasteiger partial charge in [0.2, 0.25) is 0 Å². The number of para-hydroxylation sites is 1. The van der Waals surface area contributed by atoms with Gasteiger partial charge in [-0.2, -0.15) is 0 Å². The molecule has 0 bridgehead atoms. The molecule has 0 spiro atoms. The molecule has 6 rings (SSSR count). The van der Waals surface area contributed by atoms with E-state index >= 15 is 0 Å². The zero-order valence-corrected chi connectivity index (χ0v) is 25.5. The molecule has 8 nitrogen and oxygen atoms in total. The molecular weight excluding hydrogens is 540 g/mol. The first-order chi connectivity index (χ1) is 20.8. The van der Waals surface area contributed by atoms with Gasteiger partial charge in [-0.1, -0.05) is 60.7 Å². The first-order valence-corrected chi connectivity index (χ1v) is 15.0. The van der Waals surface area contributed by atoms with Crippen LogP contribution in [0.2, 0.25) is 0 Å². The quantitative estimate of drug-likeness (QED) is 0.386. The van der Waals surface area contributed by atoms with Crippen LogP contribution < -0.4 is 4.90 Å². The second-order valence-electron chi connectivity index (χ2n) is 11.7. The van der Waals surface area contributed by atoms with Crippen molar-refractivity contribution in [2.75, 3.05) is 46.3 Å². The fourth-order valence-corrected chi connectivity index (χ4v) is 6.67. The largest absolute Gasteiger partial charge is 0.349 e. The molecule has 2 aliphatic heterocycles. The Labute approximate surface area is 253 Å². The van der Waals surface area contributed by atoms with Crippen molar-refractivity contribution >= 4 is 23.1 Å². The van der Waals surface area contributed by atoms with E-state index in [4.69, 9.17) is 9.47 Å². The third-order valence-electron chi connectivity index (χ3n) is 9.33. The second kappa shape index (κ2) is 12.0. The molecule has 43 heavy (non-hydrogen) atoms. The van der Waals surface area contributed by atoms with E-state index in [1.807, 2.05) is 95.7 Å². The molecule has 3 aliphatic rings. The molecule has 1 aromatic heterocycles. The molecule has 0 atom stereocenters. The zero-order chi connectivity index (χ0) is 30.1. The minimum atomic E-state index is -1.09. The molecular formula is C35H40N4O4. The molecule has 8 heteroatoms. The van der Waals surface area contributed by atoms with Crippen LogP contribution in [0.4, 0.5) is 5.69 Å². The fourth-order valence-electron chi connectivity index (χ4n) is 6.67. The number of nitrogens with zero attached hydrogens (tertiary/aromatic N) is 4. The van der Waals surface area contributed by atoms with E-state index in [9.17, 15) is 9.59 Å². The number of hydrogen-bond acceptors (Lipinski definition) is 5. The molecule has 1 saturated heterocycles. The van der Waals surface area contributed by atoms with Gasteiger partial charge in [-0.25, -0.2) is 0 Å². The predicted molar refractivity (Wildman–Crippen MR) is 168 cm³/mol. The standard InChI is InChI=1S/C35H40N4O4/c1-36-20-18-28(19-21-36)37(2)34(41)32-17-15-29-24-39(31-13-9-8-12-27(31)23-38(29)32)33(40)26-14-16-30(25-10-6-5-7-11-25)35(22-26,42-3)43-4/h5-17,28H,18-24H2,1-4H3. The Bertz CT molecular complexity index is 1560. The van der Waals surface area contributed by atoms with Crippen LogP contribution in [0.5, 0.6) is 0 Å². The number of amides is 2. The summed E-state index contributed by atoms with van der Waals surface area (Å²) in [7, 11) is 7.27. The number of piperidine rings is 1. The van der Waals surface area contributed by atoms with E-state index in [-0.39, 0.29) is 24.3 Å². The molecule has 0 radical (unpaired) electrons. The van der Waals surface area contributed by atoms with Gasteiger partial charge in [0.1, 0.15) is 5.69 Å². The Hall–Kier alpha value is -3.98. The number of hydrogen-bond donors (Lipinski definition) is 0. The third kappa shape index (κ3) is 5.35. The van der Waals surface area contributed by atoms with Gasteiger partial charge < -0.3 is 28.7 Å². The lowest BCUT2D eigenvalue weighted by Gasteiger charge is -2.37. The smallest absolute Gasteiger partial charge is 0.270 e. The molecule has 3 aromatic rings.